The summed E-state index contributed by atoms with van der Waals surface area (Å²) in [7, 11) is 0. The van der Waals surface area contributed by atoms with Crippen molar-refractivity contribution in [3.8, 4) is 5.75 Å². The third-order valence-electron chi connectivity index (χ3n) is 3.57. The summed E-state index contributed by atoms with van der Waals surface area (Å²) in [6.07, 6.45) is 1.64. The van der Waals surface area contributed by atoms with E-state index >= 15 is 0 Å². The first kappa shape index (κ1) is 13.8. The van der Waals surface area contributed by atoms with Crippen LogP contribution in [0.3, 0.4) is 0 Å². The van der Waals surface area contributed by atoms with Gasteiger partial charge in [-0.1, -0.05) is 0 Å². The van der Waals surface area contributed by atoms with Gasteiger partial charge in [-0.3, -0.25) is 14.9 Å². The van der Waals surface area contributed by atoms with E-state index in [1.165, 1.54) is 0 Å². The third-order valence-corrected chi connectivity index (χ3v) is 3.57. The lowest BCUT2D eigenvalue weighted by Crippen LogP contribution is -2.44. The second kappa shape index (κ2) is 6.09. The van der Waals surface area contributed by atoms with Crippen LogP contribution in [0.2, 0.25) is 0 Å². The van der Waals surface area contributed by atoms with Crippen molar-refractivity contribution >= 4 is 17.6 Å². The van der Waals surface area contributed by atoms with Crippen LogP contribution in [0.25, 0.3) is 0 Å². The smallest absolute Gasteiger partial charge is 0.230 e. The molecule has 3 rings (SSSR count). The van der Waals surface area contributed by atoms with Crippen molar-refractivity contribution in [2.75, 3.05) is 31.1 Å². The molecule has 112 valence electrons. The number of amides is 2. The van der Waals surface area contributed by atoms with Crippen LogP contribution >= 0.6 is 0 Å². The van der Waals surface area contributed by atoms with E-state index in [2.05, 4.69) is 20.5 Å². The highest BCUT2D eigenvalue weighted by Gasteiger charge is 2.26. The van der Waals surface area contributed by atoms with Gasteiger partial charge < -0.3 is 15.0 Å². The van der Waals surface area contributed by atoms with Gasteiger partial charge in [0, 0.05) is 26.2 Å². The summed E-state index contributed by atoms with van der Waals surface area (Å²) >= 11 is 0. The molecule has 7 nitrogen and oxygen atoms in total. The number of anilines is 1. The van der Waals surface area contributed by atoms with Crippen LogP contribution in [0.4, 0.5) is 5.82 Å². The lowest BCUT2D eigenvalue weighted by Gasteiger charge is -2.28. The number of nitrogens with zero attached hydrogens (tertiary/aromatic N) is 2. The van der Waals surface area contributed by atoms with Gasteiger partial charge in [0.15, 0.2) is 0 Å². The van der Waals surface area contributed by atoms with E-state index in [1.54, 1.807) is 6.20 Å². The van der Waals surface area contributed by atoms with E-state index < -0.39 is 6.10 Å². The molecule has 3 heterocycles. The average molecular weight is 290 g/mol. The molecule has 7 heteroatoms. The Labute approximate surface area is 122 Å². The number of imide groups is 1. The zero-order valence-electron chi connectivity index (χ0n) is 11.7. The van der Waals surface area contributed by atoms with Crippen molar-refractivity contribution in [3.05, 3.63) is 18.3 Å². The van der Waals surface area contributed by atoms with Gasteiger partial charge in [0.25, 0.3) is 0 Å². The van der Waals surface area contributed by atoms with E-state index in [1.807, 2.05) is 12.1 Å². The maximum atomic E-state index is 11.3. The van der Waals surface area contributed by atoms with Gasteiger partial charge in [-0.2, -0.15) is 0 Å². The summed E-state index contributed by atoms with van der Waals surface area (Å²) in [5.74, 6) is 0.922. The fourth-order valence-electron chi connectivity index (χ4n) is 2.54. The summed E-state index contributed by atoms with van der Waals surface area (Å²) < 4.78 is 5.66. The van der Waals surface area contributed by atoms with Crippen LogP contribution in [0.5, 0.6) is 5.75 Å². The number of hydrogen-bond donors (Lipinski definition) is 2. The minimum absolute atomic E-state index is 0.200. The summed E-state index contributed by atoms with van der Waals surface area (Å²) in [4.78, 5) is 29.2. The first-order valence-corrected chi connectivity index (χ1v) is 7.12. The molecule has 0 bridgehead atoms. The number of piperidine rings is 1. The minimum atomic E-state index is -0.405. The van der Waals surface area contributed by atoms with Crippen molar-refractivity contribution in [3.63, 3.8) is 0 Å². The topological polar surface area (TPSA) is 83.6 Å². The van der Waals surface area contributed by atoms with Gasteiger partial charge in [0.1, 0.15) is 17.7 Å². The number of aromatic nitrogens is 1. The number of pyridine rings is 1. The molecule has 2 aliphatic heterocycles. The Hall–Kier alpha value is -2.15. The molecule has 0 aromatic carbocycles. The number of carbonyl (C=O) groups excluding carboxylic acids is 2. The SMILES string of the molecule is O=C1CC(Oc2ccc(N3CCNCC3)nc2)CC(=O)N1. The lowest BCUT2D eigenvalue weighted by atomic mass is 10.1. The molecular formula is C14H18N4O3. The normalized spacial score (nSPS) is 20.3. The fraction of sp³-hybridized carbons (Fsp3) is 0.500. The van der Waals surface area contributed by atoms with Crippen LogP contribution < -0.4 is 20.3 Å². The van der Waals surface area contributed by atoms with E-state index in [-0.39, 0.29) is 24.7 Å². The van der Waals surface area contributed by atoms with Gasteiger partial charge in [-0.05, 0) is 12.1 Å². The van der Waals surface area contributed by atoms with Crippen LogP contribution in [0.1, 0.15) is 12.8 Å². The number of nitrogens with one attached hydrogen (secondary N) is 2. The van der Waals surface area contributed by atoms with Crippen molar-refractivity contribution in [1.29, 1.82) is 0 Å². The highest BCUT2D eigenvalue weighted by molar-refractivity contribution is 5.98. The molecule has 0 spiro atoms. The Kier molecular flexibility index (Phi) is 4.01. The molecule has 2 saturated heterocycles. The summed E-state index contributed by atoms with van der Waals surface area (Å²) in [6, 6.07) is 3.74. The number of carbonyl (C=O) groups is 2. The van der Waals surface area contributed by atoms with Gasteiger partial charge in [0.05, 0.1) is 19.0 Å². The molecule has 0 unspecified atom stereocenters. The molecule has 1 aromatic heterocycles. The van der Waals surface area contributed by atoms with Crippen LogP contribution in [-0.2, 0) is 9.59 Å². The number of piperazine rings is 1. The summed E-state index contributed by atoms with van der Waals surface area (Å²) in [6.45, 7) is 3.79. The largest absolute Gasteiger partial charge is 0.488 e. The molecule has 0 atom stereocenters. The third kappa shape index (κ3) is 3.49. The molecular weight excluding hydrogens is 272 g/mol. The fourth-order valence-corrected chi connectivity index (χ4v) is 2.54. The minimum Gasteiger partial charge on any atom is -0.488 e. The molecule has 0 saturated carbocycles. The van der Waals surface area contributed by atoms with Crippen molar-refractivity contribution < 1.29 is 14.3 Å². The summed E-state index contributed by atoms with van der Waals surface area (Å²) in [5, 5.41) is 5.56. The van der Waals surface area contributed by atoms with Crippen molar-refractivity contribution in [2.24, 2.45) is 0 Å². The molecule has 2 amide bonds. The van der Waals surface area contributed by atoms with Gasteiger partial charge in [0.2, 0.25) is 11.8 Å². The number of hydrogen-bond acceptors (Lipinski definition) is 6. The molecule has 2 fully saturated rings. The highest BCUT2D eigenvalue weighted by Crippen LogP contribution is 2.19. The zero-order valence-corrected chi connectivity index (χ0v) is 11.7. The second-order valence-corrected chi connectivity index (χ2v) is 5.21. The lowest BCUT2D eigenvalue weighted by molar-refractivity contribution is -0.136. The Morgan fingerprint density at radius 1 is 1.14 bits per heavy atom. The molecule has 2 N–H and O–H groups in total. The predicted octanol–water partition coefficient (Wildman–Crippen LogP) is -0.325. The van der Waals surface area contributed by atoms with Gasteiger partial charge in [-0.25, -0.2) is 4.98 Å². The highest BCUT2D eigenvalue weighted by atomic mass is 16.5. The Morgan fingerprint density at radius 3 is 2.48 bits per heavy atom. The maximum absolute atomic E-state index is 11.3. The van der Waals surface area contributed by atoms with Crippen LogP contribution in [-0.4, -0.2) is 49.1 Å². The Balaban J connectivity index is 1.61. The average Bonchev–Trinajstić information content (AvgIpc) is 2.48. The monoisotopic (exact) mass is 290 g/mol. The standard InChI is InChI=1S/C14H18N4O3/c19-13-7-11(8-14(20)17-13)21-10-1-2-12(16-9-10)18-5-3-15-4-6-18/h1-2,9,11,15H,3-8H2,(H,17,19,20). The van der Waals surface area contributed by atoms with Crippen LogP contribution in [0, 0.1) is 0 Å². The maximum Gasteiger partial charge on any atom is 0.230 e. The number of rotatable bonds is 3. The molecule has 0 radical (unpaired) electrons. The molecule has 2 aliphatic rings. The van der Waals surface area contributed by atoms with E-state index in [0.717, 1.165) is 32.0 Å². The quantitative estimate of drug-likeness (QED) is 0.742. The second-order valence-electron chi connectivity index (χ2n) is 5.21. The number of ether oxygens (including phenoxy) is 1. The van der Waals surface area contributed by atoms with E-state index in [0.29, 0.717) is 5.75 Å². The Bertz CT molecular complexity index is 510. The van der Waals surface area contributed by atoms with Crippen molar-refractivity contribution in [2.45, 2.75) is 18.9 Å². The van der Waals surface area contributed by atoms with Gasteiger partial charge in [-0.15, -0.1) is 0 Å². The first-order valence-electron chi connectivity index (χ1n) is 7.12. The Morgan fingerprint density at radius 2 is 1.86 bits per heavy atom. The van der Waals surface area contributed by atoms with Crippen molar-refractivity contribution in [1.82, 2.24) is 15.6 Å². The van der Waals surface area contributed by atoms with E-state index in [4.69, 9.17) is 4.74 Å². The van der Waals surface area contributed by atoms with E-state index in [9.17, 15) is 9.59 Å². The molecule has 21 heavy (non-hydrogen) atoms. The van der Waals surface area contributed by atoms with Gasteiger partial charge >= 0.3 is 0 Å². The summed E-state index contributed by atoms with van der Waals surface area (Å²) in [5.41, 5.74) is 0. The molecule has 0 aliphatic carbocycles. The predicted molar refractivity (Wildman–Crippen MR) is 76.1 cm³/mol. The first-order chi connectivity index (χ1) is 10.2. The van der Waals surface area contributed by atoms with Crippen LogP contribution in [0.15, 0.2) is 18.3 Å². The molecule has 1 aromatic rings. The zero-order chi connectivity index (χ0) is 14.7.